The van der Waals surface area contributed by atoms with Gasteiger partial charge in [0.25, 0.3) is 0 Å². The molecule has 0 aliphatic rings. The van der Waals surface area contributed by atoms with E-state index in [0.29, 0.717) is 0 Å². The van der Waals surface area contributed by atoms with E-state index in [1.165, 1.54) is 0 Å². The Balaban J connectivity index is 5.58. The molecule has 0 N–H and O–H groups in total. The monoisotopic (exact) mass is 335 g/mol. The molecule has 0 rings (SSSR count). The first-order chi connectivity index (χ1) is 8.98. The molecule has 0 aliphatic heterocycles. The lowest BCUT2D eigenvalue weighted by atomic mass is 9.99. The van der Waals surface area contributed by atoms with Crippen molar-refractivity contribution < 1.29 is 26.4 Å². The van der Waals surface area contributed by atoms with Crippen LogP contribution >= 0.6 is 0 Å². The topological polar surface area (TPSA) is 12.5 Å². The fraction of sp³-hybridized carbons (Fsp3) is 1.00. The van der Waals surface area contributed by atoms with Crippen LogP contribution in [0.1, 0.15) is 27.7 Å². The Kier molecular flexibility index (Phi) is 6.06. The predicted molar refractivity (Wildman–Crippen MR) is 75.9 cm³/mol. The summed E-state index contributed by atoms with van der Waals surface area (Å²) in [4.78, 5) is 0.790. The molecular weight excluding hydrogens is 309 g/mol. The van der Waals surface area contributed by atoms with Crippen LogP contribution in [0.2, 0.25) is 18.1 Å². The van der Waals surface area contributed by atoms with Gasteiger partial charge in [-0.2, -0.15) is 22.0 Å². The molecule has 1 unspecified atom stereocenters. The third-order valence-electron chi connectivity index (χ3n) is 4.56. The lowest BCUT2D eigenvalue weighted by Gasteiger charge is -2.46. The first-order valence-electron chi connectivity index (χ1n) is 6.77. The summed E-state index contributed by atoms with van der Waals surface area (Å²) in [6.45, 7) is 10.9. The van der Waals surface area contributed by atoms with Crippen LogP contribution in [0.3, 0.4) is 0 Å². The van der Waals surface area contributed by atoms with E-state index in [-0.39, 0.29) is 5.92 Å². The summed E-state index contributed by atoms with van der Waals surface area (Å²) in [5, 5.41) is -0.455. The maximum absolute atomic E-state index is 13.7. The number of hydrogen-bond donors (Lipinski definition) is 0. The van der Waals surface area contributed by atoms with E-state index in [2.05, 4.69) is 0 Å². The van der Waals surface area contributed by atoms with Gasteiger partial charge in [-0.15, -0.1) is 0 Å². The van der Waals surface area contributed by atoms with Crippen LogP contribution in [-0.4, -0.2) is 45.6 Å². The Hall–Kier alpha value is -0.213. The number of nitrogens with zero attached hydrogens (tertiary/aromatic N) is 1. The molecule has 0 bridgehead atoms. The van der Waals surface area contributed by atoms with Gasteiger partial charge in [-0.3, -0.25) is 4.90 Å². The Morgan fingerprint density at radius 3 is 1.57 bits per heavy atom. The van der Waals surface area contributed by atoms with E-state index in [1.54, 1.807) is 13.1 Å². The Labute approximate surface area is 124 Å². The molecule has 2 nitrogen and oxygen atoms in total. The maximum atomic E-state index is 13.7. The summed E-state index contributed by atoms with van der Waals surface area (Å²) in [5.41, 5.74) is 0. The van der Waals surface area contributed by atoms with Crippen molar-refractivity contribution in [3.63, 3.8) is 0 Å². The molecule has 21 heavy (non-hydrogen) atoms. The molecule has 0 heterocycles. The molecule has 0 spiro atoms. The van der Waals surface area contributed by atoms with Crippen molar-refractivity contribution >= 4 is 8.32 Å². The second kappa shape index (κ2) is 6.12. The average Bonchev–Trinajstić information content (AvgIpc) is 2.23. The molecule has 1 atom stereocenters. The minimum absolute atomic E-state index is 0.0986. The van der Waals surface area contributed by atoms with E-state index in [0.717, 1.165) is 19.0 Å². The zero-order valence-corrected chi connectivity index (χ0v) is 14.9. The van der Waals surface area contributed by atoms with Gasteiger partial charge in [0.05, 0.1) is 0 Å². The standard InChI is InChI=1S/C13H26F5NOSi/c1-9(2)11(3,4)21(7,8)20-10(19(5)6)12(14,15)13(16,17)18/h9-10H,1-8H3. The molecule has 0 aromatic rings. The van der Waals surface area contributed by atoms with E-state index in [1.807, 2.05) is 27.7 Å². The second-order valence-electron chi connectivity index (χ2n) is 6.94. The first kappa shape index (κ1) is 20.8. The van der Waals surface area contributed by atoms with Gasteiger partial charge in [0.1, 0.15) is 0 Å². The average molecular weight is 335 g/mol. The summed E-state index contributed by atoms with van der Waals surface area (Å²) in [6, 6.07) is 0. The second-order valence-corrected chi connectivity index (χ2v) is 11.5. The maximum Gasteiger partial charge on any atom is 0.457 e. The van der Waals surface area contributed by atoms with E-state index >= 15 is 0 Å². The fourth-order valence-corrected chi connectivity index (χ4v) is 4.38. The molecule has 0 fully saturated rings. The summed E-state index contributed by atoms with van der Waals surface area (Å²) < 4.78 is 70.7. The lowest BCUT2D eigenvalue weighted by Crippen LogP contribution is -2.60. The number of halogens is 5. The zero-order valence-electron chi connectivity index (χ0n) is 13.9. The van der Waals surface area contributed by atoms with Crippen LogP contribution in [0.25, 0.3) is 0 Å². The molecule has 8 heteroatoms. The predicted octanol–water partition coefficient (Wildman–Crippen LogP) is 4.73. The number of hydrogen-bond acceptors (Lipinski definition) is 2. The summed E-state index contributed by atoms with van der Waals surface area (Å²) in [5.74, 6) is -4.82. The fourth-order valence-electron chi connectivity index (χ4n) is 1.77. The van der Waals surface area contributed by atoms with Gasteiger partial charge in [-0.25, -0.2) is 0 Å². The normalized spacial score (nSPS) is 16.7. The molecule has 0 saturated carbocycles. The van der Waals surface area contributed by atoms with Gasteiger partial charge < -0.3 is 4.43 Å². The van der Waals surface area contributed by atoms with E-state index in [4.69, 9.17) is 4.43 Å². The van der Waals surface area contributed by atoms with Gasteiger partial charge >= 0.3 is 12.1 Å². The van der Waals surface area contributed by atoms with Crippen LogP contribution in [-0.2, 0) is 4.43 Å². The van der Waals surface area contributed by atoms with Crippen LogP contribution in [0, 0.1) is 5.92 Å². The smallest absolute Gasteiger partial charge is 0.396 e. The highest BCUT2D eigenvalue weighted by molar-refractivity contribution is 6.74. The molecule has 0 aliphatic carbocycles. The summed E-state index contributed by atoms with van der Waals surface area (Å²) in [7, 11) is -0.502. The van der Waals surface area contributed by atoms with Gasteiger partial charge in [-0.05, 0) is 38.1 Å². The highest BCUT2D eigenvalue weighted by Crippen LogP contribution is 2.48. The minimum atomic E-state index is -5.64. The SMILES string of the molecule is CC(C)C(C)(C)[Si](C)(C)OC(N(C)C)C(F)(F)C(F)(F)F. The molecule has 0 radical (unpaired) electrons. The van der Waals surface area contributed by atoms with Gasteiger partial charge in [-0.1, -0.05) is 27.7 Å². The third kappa shape index (κ3) is 4.16. The Morgan fingerprint density at radius 1 is 0.952 bits per heavy atom. The van der Waals surface area contributed by atoms with Crippen molar-refractivity contribution in [1.82, 2.24) is 4.90 Å². The van der Waals surface area contributed by atoms with E-state index < -0.39 is 31.7 Å². The van der Waals surface area contributed by atoms with Crippen molar-refractivity contribution in [1.29, 1.82) is 0 Å². The highest BCUT2D eigenvalue weighted by Gasteiger charge is 2.65. The first-order valence-corrected chi connectivity index (χ1v) is 9.68. The Bertz CT molecular complexity index is 353. The number of rotatable bonds is 6. The Morgan fingerprint density at radius 2 is 1.33 bits per heavy atom. The van der Waals surface area contributed by atoms with Crippen LogP contribution in [0.5, 0.6) is 0 Å². The van der Waals surface area contributed by atoms with Crippen molar-refractivity contribution in [2.45, 2.75) is 64.2 Å². The summed E-state index contributed by atoms with van der Waals surface area (Å²) >= 11 is 0. The van der Waals surface area contributed by atoms with Crippen molar-refractivity contribution in [2.24, 2.45) is 5.92 Å². The van der Waals surface area contributed by atoms with E-state index in [9.17, 15) is 22.0 Å². The molecule has 0 aromatic heterocycles. The molecule has 0 saturated heterocycles. The lowest BCUT2D eigenvalue weighted by molar-refractivity contribution is -0.327. The van der Waals surface area contributed by atoms with Gasteiger partial charge in [0.15, 0.2) is 14.5 Å². The minimum Gasteiger partial charge on any atom is -0.396 e. The molecule has 128 valence electrons. The van der Waals surface area contributed by atoms with Gasteiger partial charge in [0, 0.05) is 0 Å². The molecule has 0 amide bonds. The van der Waals surface area contributed by atoms with Crippen molar-refractivity contribution in [3.05, 3.63) is 0 Å². The third-order valence-corrected chi connectivity index (χ3v) is 9.05. The summed E-state index contributed by atoms with van der Waals surface area (Å²) in [6.07, 6.45) is -7.97. The van der Waals surface area contributed by atoms with Gasteiger partial charge in [0.2, 0.25) is 0 Å². The van der Waals surface area contributed by atoms with Crippen molar-refractivity contribution in [3.8, 4) is 0 Å². The van der Waals surface area contributed by atoms with Crippen LogP contribution in [0.4, 0.5) is 22.0 Å². The largest absolute Gasteiger partial charge is 0.457 e. The zero-order chi connectivity index (χ0) is 17.4. The molecule has 0 aromatic carbocycles. The quantitative estimate of drug-likeness (QED) is 0.395. The van der Waals surface area contributed by atoms with Crippen molar-refractivity contribution in [2.75, 3.05) is 14.1 Å². The van der Waals surface area contributed by atoms with Crippen LogP contribution in [0.15, 0.2) is 0 Å². The number of alkyl halides is 5. The molecular formula is C13H26F5NOSi. The van der Waals surface area contributed by atoms with Crippen LogP contribution < -0.4 is 0 Å². The highest BCUT2D eigenvalue weighted by atomic mass is 28.4.